The van der Waals surface area contributed by atoms with E-state index in [0.29, 0.717) is 0 Å². The molecular weight excluding hydrogens is 348 g/mol. The lowest BCUT2D eigenvalue weighted by molar-refractivity contribution is -0.125. The normalized spacial score (nSPS) is 14.9. The molecule has 1 fully saturated rings. The Morgan fingerprint density at radius 2 is 1.96 bits per heavy atom. The number of unbranched alkanes of at least 4 members (excludes halogenated alkanes) is 3. The van der Waals surface area contributed by atoms with Crippen LogP contribution < -0.4 is 10.2 Å². The highest BCUT2D eigenvalue weighted by Gasteiger charge is 2.25. The molecular formula is C23H32N4O. The number of rotatable bonds is 8. The van der Waals surface area contributed by atoms with Crippen LogP contribution >= 0.6 is 0 Å². The Hall–Kier alpha value is -2.43. The van der Waals surface area contributed by atoms with Gasteiger partial charge in [0.15, 0.2) is 0 Å². The summed E-state index contributed by atoms with van der Waals surface area (Å²) in [4.78, 5) is 23.6. The Morgan fingerprint density at radius 1 is 1.14 bits per heavy atom. The van der Waals surface area contributed by atoms with E-state index in [-0.39, 0.29) is 11.8 Å². The second-order valence-corrected chi connectivity index (χ2v) is 7.74. The van der Waals surface area contributed by atoms with Crippen LogP contribution in [0.4, 0.5) is 5.82 Å². The zero-order valence-electron chi connectivity index (χ0n) is 17.2. The Morgan fingerprint density at radius 3 is 2.71 bits per heavy atom. The highest BCUT2D eigenvalue weighted by molar-refractivity contribution is 5.79. The predicted molar refractivity (Wildman–Crippen MR) is 114 cm³/mol. The van der Waals surface area contributed by atoms with Gasteiger partial charge in [-0.1, -0.05) is 49.9 Å². The van der Waals surface area contributed by atoms with Crippen LogP contribution in [0.15, 0.2) is 36.7 Å². The topological polar surface area (TPSA) is 58.1 Å². The smallest absolute Gasteiger partial charge is 0.223 e. The van der Waals surface area contributed by atoms with E-state index in [1.54, 1.807) is 6.33 Å². The van der Waals surface area contributed by atoms with E-state index in [1.807, 2.05) is 0 Å². The number of anilines is 1. The summed E-state index contributed by atoms with van der Waals surface area (Å²) in [6, 6.07) is 10.4. The van der Waals surface area contributed by atoms with Crippen molar-refractivity contribution in [3.8, 4) is 11.3 Å². The van der Waals surface area contributed by atoms with E-state index in [4.69, 9.17) is 0 Å². The monoisotopic (exact) mass is 380 g/mol. The van der Waals surface area contributed by atoms with Gasteiger partial charge < -0.3 is 10.2 Å². The molecule has 0 radical (unpaired) electrons. The third-order valence-corrected chi connectivity index (χ3v) is 5.49. The maximum absolute atomic E-state index is 12.4. The van der Waals surface area contributed by atoms with Gasteiger partial charge in [0.05, 0.1) is 5.69 Å². The summed E-state index contributed by atoms with van der Waals surface area (Å²) in [5.74, 6) is 1.30. The first kappa shape index (κ1) is 20.3. The third-order valence-electron chi connectivity index (χ3n) is 5.49. The molecule has 1 amide bonds. The highest BCUT2D eigenvalue weighted by atomic mass is 16.1. The van der Waals surface area contributed by atoms with Gasteiger partial charge in [-0.15, -0.1) is 0 Å². The van der Waals surface area contributed by atoms with Crippen molar-refractivity contribution in [3.63, 3.8) is 0 Å². The number of carbonyl (C=O) groups excluding carboxylic acids is 1. The number of hydrogen-bond acceptors (Lipinski definition) is 4. The molecule has 2 aromatic rings. The molecule has 150 valence electrons. The quantitative estimate of drug-likeness (QED) is 0.691. The van der Waals surface area contributed by atoms with E-state index in [2.05, 4.69) is 64.4 Å². The number of amides is 1. The molecule has 5 nitrogen and oxygen atoms in total. The molecule has 0 atom stereocenters. The average molecular weight is 381 g/mol. The van der Waals surface area contributed by atoms with E-state index in [1.165, 1.54) is 24.8 Å². The number of piperidine rings is 1. The van der Waals surface area contributed by atoms with Crippen LogP contribution in [0, 0.1) is 12.8 Å². The van der Waals surface area contributed by atoms with Crippen molar-refractivity contribution < 1.29 is 4.79 Å². The molecule has 0 aliphatic carbocycles. The summed E-state index contributed by atoms with van der Waals surface area (Å²) in [6.07, 6.45) is 8.16. The lowest BCUT2D eigenvalue weighted by Gasteiger charge is -2.32. The van der Waals surface area contributed by atoms with Crippen molar-refractivity contribution in [1.82, 2.24) is 15.3 Å². The zero-order chi connectivity index (χ0) is 19.8. The summed E-state index contributed by atoms with van der Waals surface area (Å²) in [7, 11) is 0. The molecule has 1 aromatic carbocycles. The molecule has 1 saturated heterocycles. The van der Waals surface area contributed by atoms with Crippen molar-refractivity contribution in [2.75, 3.05) is 24.5 Å². The van der Waals surface area contributed by atoms with E-state index in [9.17, 15) is 4.79 Å². The number of benzene rings is 1. The van der Waals surface area contributed by atoms with Crippen molar-refractivity contribution >= 4 is 11.7 Å². The zero-order valence-corrected chi connectivity index (χ0v) is 17.2. The van der Waals surface area contributed by atoms with E-state index in [0.717, 1.165) is 56.0 Å². The minimum absolute atomic E-state index is 0.125. The molecule has 0 unspecified atom stereocenters. The average Bonchev–Trinajstić information content (AvgIpc) is 2.74. The maximum Gasteiger partial charge on any atom is 0.223 e. The molecule has 28 heavy (non-hydrogen) atoms. The Labute approximate surface area is 168 Å². The molecule has 0 bridgehead atoms. The van der Waals surface area contributed by atoms with Gasteiger partial charge in [-0.25, -0.2) is 9.97 Å². The van der Waals surface area contributed by atoms with Gasteiger partial charge >= 0.3 is 0 Å². The Kier molecular flexibility index (Phi) is 7.40. The number of nitrogens with one attached hydrogen (secondary N) is 1. The summed E-state index contributed by atoms with van der Waals surface area (Å²) in [5.41, 5.74) is 3.28. The van der Waals surface area contributed by atoms with Gasteiger partial charge in [0.2, 0.25) is 5.91 Å². The van der Waals surface area contributed by atoms with Crippen LogP contribution in [0.5, 0.6) is 0 Å². The summed E-state index contributed by atoms with van der Waals surface area (Å²) >= 11 is 0. The van der Waals surface area contributed by atoms with Crippen molar-refractivity contribution in [2.24, 2.45) is 5.92 Å². The molecule has 0 saturated carbocycles. The van der Waals surface area contributed by atoms with Gasteiger partial charge in [0.1, 0.15) is 12.1 Å². The van der Waals surface area contributed by atoms with E-state index >= 15 is 0 Å². The van der Waals surface area contributed by atoms with Gasteiger partial charge in [0, 0.05) is 37.2 Å². The SMILES string of the molecule is CCCCCCNC(=O)C1CCN(c2cc(-c3cccc(C)c3)ncn2)CC1. The second-order valence-electron chi connectivity index (χ2n) is 7.74. The minimum atomic E-state index is 0.125. The van der Waals surface area contributed by atoms with Crippen LogP contribution in [-0.4, -0.2) is 35.5 Å². The molecule has 2 heterocycles. The van der Waals surface area contributed by atoms with Gasteiger partial charge in [-0.05, 0) is 32.3 Å². The fourth-order valence-corrected chi connectivity index (χ4v) is 3.76. The molecule has 1 aliphatic heterocycles. The van der Waals surface area contributed by atoms with Crippen molar-refractivity contribution in [1.29, 1.82) is 0 Å². The summed E-state index contributed by atoms with van der Waals surface area (Å²) in [6.45, 7) is 6.82. The van der Waals surface area contributed by atoms with Gasteiger partial charge in [-0.3, -0.25) is 4.79 Å². The van der Waals surface area contributed by atoms with Crippen molar-refractivity contribution in [2.45, 2.75) is 52.4 Å². The number of aryl methyl sites for hydroxylation is 1. The first-order valence-electron chi connectivity index (χ1n) is 10.6. The number of aromatic nitrogens is 2. The standard InChI is InChI=1S/C23H32N4O/c1-3-4-5-6-12-24-23(28)19-10-13-27(14-11-19)22-16-21(25-17-26-22)20-9-7-8-18(2)15-20/h7-9,15-17,19H,3-6,10-14H2,1-2H3,(H,24,28). The van der Waals surface area contributed by atoms with Crippen LogP contribution in [0.3, 0.4) is 0 Å². The fourth-order valence-electron chi connectivity index (χ4n) is 3.76. The largest absolute Gasteiger partial charge is 0.356 e. The molecule has 3 rings (SSSR count). The summed E-state index contributed by atoms with van der Waals surface area (Å²) in [5, 5.41) is 3.12. The lowest BCUT2D eigenvalue weighted by Crippen LogP contribution is -2.41. The fraction of sp³-hybridized carbons (Fsp3) is 0.522. The predicted octanol–water partition coefficient (Wildman–Crippen LogP) is 4.36. The van der Waals surface area contributed by atoms with Crippen LogP contribution in [0.2, 0.25) is 0 Å². The molecule has 1 N–H and O–H groups in total. The second kappa shape index (κ2) is 10.2. The molecule has 1 aromatic heterocycles. The van der Waals surface area contributed by atoms with Crippen LogP contribution in [0.25, 0.3) is 11.3 Å². The maximum atomic E-state index is 12.4. The lowest BCUT2D eigenvalue weighted by atomic mass is 9.95. The number of hydrogen-bond donors (Lipinski definition) is 1. The highest BCUT2D eigenvalue weighted by Crippen LogP contribution is 2.25. The van der Waals surface area contributed by atoms with Gasteiger partial charge in [0.25, 0.3) is 0 Å². The third kappa shape index (κ3) is 5.54. The Bertz CT molecular complexity index is 769. The number of nitrogens with zero attached hydrogens (tertiary/aromatic N) is 3. The molecule has 1 aliphatic rings. The van der Waals surface area contributed by atoms with E-state index < -0.39 is 0 Å². The first-order chi connectivity index (χ1) is 13.7. The first-order valence-corrected chi connectivity index (χ1v) is 10.6. The molecule has 5 heteroatoms. The minimum Gasteiger partial charge on any atom is -0.356 e. The summed E-state index contributed by atoms with van der Waals surface area (Å²) < 4.78 is 0. The number of carbonyl (C=O) groups is 1. The molecule has 0 spiro atoms. The van der Waals surface area contributed by atoms with Gasteiger partial charge in [-0.2, -0.15) is 0 Å². The van der Waals surface area contributed by atoms with Crippen molar-refractivity contribution in [3.05, 3.63) is 42.2 Å². The Balaban J connectivity index is 1.52. The van der Waals surface area contributed by atoms with Crippen LogP contribution in [-0.2, 0) is 4.79 Å². The van der Waals surface area contributed by atoms with Crippen LogP contribution in [0.1, 0.15) is 51.0 Å².